The Labute approximate surface area is 226 Å². The highest BCUT2D eigenvalue weighted by Crippen LogP contribution is 2.43. The highest BCUT2D eigenvalue weighted by atomic mass is 19.3. The van der Waals surface area contributed by atoms with Crippen molar-refractivity contribution in [1.29, 1.82) is 0 Å². The number of nitrogens with zero attached hydrogens (tertiary/aromatic N) is 2. The Morgan fingerprint density at radius 3 is 2.10 bits per heavy atom. The first-order chi connectivity index (χ1) is 19.0. The van der Waals surface area contributed by atoms with E-state index in [0.717, 1.165) is 18.8 Å². The lowest BCUT2D eigenvalue weighted by molar-refractivity contribution is -0.250. The summed E-state index contributed by atoms with van der Waals surface area (Å²) in [5.74, 6) is -5.61. The predicted molar refractivity (Wildman–Crippen MR) is 130 cm³/mol. The van der Waals surface area contributed by atoms with Gasteiger partial charge < -0.3 is 14.2 Å². The van der Waals surface area contributed by atoms with Crippen LogP contribution in [0.15, 0.2) is 54.1 Å². The average Bonchev–Trinajstić information content (AvgIpc) is 2.91. The Balaban J connectivity index is 1.21. The molecule has 218 valence electrons. The van der Waals surface area contributed by atoms with Crippen molar-refractivity contribution in [3.05, 3.63) is 65.5 Å². The van der Waals surface area contributed by atoms with Crippen LogP contribution in [-0.2, 0) is 14.2 Å². The fourth-order valence-electron chi connectivity index (χ4n) is 5.48. The predicted octanol–water partition coefficient (Wildman–Crippen LogP) is 7.21. The molecule has 1 aliphatic heterocycles. The van der Waals surface area contributed by atoms with Crippen molar-refractivity contribution < 1.29 is 44.9 Å². The summed E-state index contributed by atoms with van der Waals surface area (Å²) in [6.07, 6.45) is -3.83. The number of hydrogen-bond acceptors (Lipinski definition) is 5. The van der Waals surface area contributed by atoms with Gasteiger partial charge in [-0.1, -0.05) is 19.8 Å². The lowest BCUT2D eigenvalue weighted by atomic mass is 9.76. The average molecular weight is 575 g/mol. The topological polar surface area (TPSA) is 53.5 Å². The summed E-state index contributed by atoms with van der Waals surface area (Å²) < 4.78 is 115. The number of aromatic nitrogens is 2. The first-order valence-electron chi connectivity index (χ1n) is 13.2. The van der Waals surface area contributed by atoms with Crippen LogP contribution in [0, 0.1) is 23.7 Å². The molecule has 1 aromatic heterocycles. The zero-order valence-electron chi connectivity index (χ0n) is 21.6. The van der Waals surface area contributed by atoms with E-state index in [1.165, 1.54) is 25.2 Å². The zero-order chi connectivity index (χ0) is 28.6. The maximum absolute atomic E-state index is 14.8. The molecule has 40 heavy (non-hydrogen) atoms. The number of hydrogen-bond donors (Lipinski definition) is 0. The van der Waals surface area contributed by atoms with Gasteiger partial charge in [-0.15, -0.1) is 0 Å². The van der Waals surface area contributed by atoms with Gasteiger partial charge in [0.1, 0.15) is 29.5 Å². The normalized spacial score (nSPS) is 35.3. The second-order valence-electron chi connectivity index (χ2n) is 10.8. The molecule has 3 aliphatic carbocycles. The Kier molecular flexibility index (Phi) is 8.37. The fourth-order valence-corrected chi connectivity index (χ4v) is 5.48. The number of rotatable bonds is 6. The van der Waals surface area contributed by atoms with Gasteiger partial charge in [0, 0.05) is 35.5 Å². The van der Waals surface area contributed by atoms with E-state index in [2.05, 4.69) is 21.6 Å². The van der Waals surface area contributed by atoms with E-state index >= 15 is 0 Å². The lowest BCUT2D eigenvalue weighted by Gasteiger charge is -2.37. The van der Waals surface area contributed by atoms with Gasteiger partial charge >= 0.3 is 6.11 Å². The van der Waals surface area contributed by atoms with Crippen LogP contribution >= 0.6 is 0 Å². The highest BCUT2D eigenvalue weighted by Gasteiger charge is 2.52. The van der Waals surface area contributed by atoms with Crippen LogP contribution in [0.25, 0.3) is 5.57 Å². The molecule has 4 atom stereocenters. The summed E-state index contributed by atoms with van der Waals surface area (Å²) in [7, 11) is 0. The van der Waals surface area contributed by atoms with Crippen LogP contribution in [0.2, 0.25) is 0 Å². The maximum atomic E-state index is 14.8. The second-order valence-corrected chi connectivity index (χ2v) is 10.8. The fraction of sp³-hybridized carbons (Fsp3) is 0.571. The summed E-state index contributed by atoms with van der Waals surface area (Å²) in [5.41, 5.74) is 0.310. The molecule has 2 heterocycles. The van der Waals surface area contributed by atoms with Crippen molar-refractivity contribution in [3.8, 4) is 0 Å². The molecular weight excluding hydrogens is 545 g/mol. The summed E-state index contributed by atoms with van der Waals surface area (Å²) in [4.78, 5) is 8.19. The van der Waals surface area contributed by atoms with Crippen molar-refractivity contribution in [1.82, 2.24) is 9.97 Å². The molecule has 5 rings (SSSR count). The van der Waals surface area contributed by atoms with Crippen molar-refractivity contribution in [2.45, 2.75) is 63.5 Å². The van der Waals surface area contributed by atoms with Crippen LogP contribution in [0.3, 0.4) is 0 Å². The molecule has 5 nitrogen and oxygen atoms in total. The van der Waals surface area contributed by atoms with Crippen LogP contribution < -0.4 is 0 Å². The van der Waals surface area contributed by atoms with Gasteiger partial charge in [0.25, 0.3) is 0 Å². The molecule has 0 bridgehead atoms. The van der Waals surface area contributed by atoms with E-state index in [4.69, 9.17) is 9.47 Å². The molecule has 4 aliphatic rings. The molecule has 0 aromatic carbocycles. The minimum absolute atomic E-state index is 0.122. The molecule has 2 unspecified atom stereocenters. The van der Waals surface area contributed by atoms with Crippen LogP contribution in [-0.4, -0.2) is 47.8 Å². The van der Waals surface area contributed by atoms with E-state index in [1.807, 2.05) is 0 Å². The summed E-state index contributed by atoms with van der Waals surface area (Å²) in [5, 5.41) is 0. The Morgan fingerprint density at radius 1 is 0.850 bits per heavy atom. The summed E-state index contributed by atoms with van der Waals surface area (Å²) in [6.45, 7) is 3.33. The largest absolute Gasteiger partial charge is 0.432 e. The van der Waals surface area contributed by atoms with Crippen LogP contribution in [0.5, 0.6) is 0 Å². The van der Waals surface area contributed by atoms with E-state index in [9.17, 15) is 30.7 Å². The molecule has 1 saturated heterocycles. The molecule has 0 N–H and O–H groups in total. The minimum Gasteiger partial charge on any atom is -0.432 e. The quantitative estimate of drug-likeness (QED) is 0.336. The third kappa shape index (κ3) is 6.12. The van der Waals surface area contributed by atoms with Gasteiger partial charge in [0.2, 0.25) is 0 Å². The van der Waals surface area contributed by atoms with Gasteiger partial charge in [0.15, 0.2) is 24.5 Å². The minimum atomic E-state index is -4.55. The van der Waals surface area contributed by atoms with Crippen LogP contribution in [0.1, 0.15) is 50.3 Å². The highest BCUT2D eigenvalue weighted by molar-refractivity contribution is 5.72. The smallest absolute Gasteiger partial charge is 0.410 e. The molecule has 2 fully saturated rings. The van der Waals surface area contributed by atoms with E-state index < -0.39 is 54.2 Å². The van der Waals surface area contributed by atoms with Crippen molar-refractivity contribution in [2.24, 2.45) is 23.7 Å². The lowest BCUT2D eigenvalue weighted by Crippen LogP contribution is -2.39. The SMILES string of the molecule is CC1CCC(C2COC(c3cnc(C4=CC(F)[C@H](C(F)(F)OC5=C[C@H](F)C(F)C(F)=C5)C(F)=C4)nc3)OC2)CC1. The van der Waals surface area contributed by atoms with E-state index in [-0.39, 0.29) is 23.5 Å². The van der Waals surface area contributed by atoms with Gasteiger partial charge in [-0.3, -0.25) is 0 Å². The van der Waals surface area contributed by atoms with Crippen molar-refractivity contribution in [3.63, 3.8) is 0 Å². The maximum Gasteiger partial charge on any atom is 0.410 e. The molecule has 12 heteroatoms. The molecule has 0 spiro atoms. The zero-order valence-corrected chi connectivity index (χ0v) is 21.6. The summed E-state index contributed by atoms with van der Waals surface area (Å²) >= 11 is 0. The first-order valence-corrected chi connectivity index (χ1v) is 13.2. The summed E-state index contributed by atoms with van der Waals surface area (Å²) in [6, 6.07) is 0. The van der Waals surface area contributed by atoms with Crippen LogP contribution in [0.4, 0.5) is 30.7 Å². The third-order valence-electron chi connectivity index (χ3n) is 7.86. The number of halogens is 7. The van der Waals surface area contributed by atoms with Gasteiger partial charge in [0.05, 0.1) is 13.2 Å². The number of allylic oxidation sites excluding steroid dienone is 6. The van der Waals surface area contributed by atoms with Gasteiger partial charge in [-0.05, 0) is 42.9 Å². The van der Waals surface area contributed by atoms with Gasteiger partial charge in [-0.2, -0.15) is 8.78 Å². The Morgan fingerprint density at radius 2 is 1.50 bits per heavy atom. The first kappa shape index (κ1) is 28.8. The Bertz CT molecular complexity index is 1190. The number of alkyl halides is 5. The van der Waals surface area contributed by atoms with Crippen molar-refractivity contribution >= 4 is 5.57 Å². The monoisotopic (exact) mass is 574 g/mol. The van der Waals surface area contributed by atoms with Crippen molar-refractivity contribution in [2.75, 3.05) is 13.2 Å². The van der Waals surface area contributed by atoms with Gasteiger partial charge in [-0.25, -0.2) is 31.9 Å². The number of ether oxygens (including phenoxy) is 3. The van der Waals surface area contributed by atoms with E-state index in [1.54, 1.807) is 0 Å². The molecule has 0 amide bonds. The standard InChI is InChI=1S/C28H29F7N2O3/c1-14-2-4-15(5-3-14)18-12-38-27(39-13-18)17-10-36-26(37-11-17)16-6-20(29)24(21(30)7-16)28(34,35)40-19-8-22(31)25(33)23(32)9-19/h6-11,14-15,18,20,22,24-25,27H,2-5,12-13H2,1H3/t14?,15?,18?,20?,22-,24-,25?,27?/m0/s1. The van der Waals surface area contributed by atoms with E-state index in [0.29, 0.717) is 42.8 Å². The Hall–Kier alpha value is -2.73. The molecule has 1 saturated carbocycles. The second kappa shape index (κ2) is 11.6. The third-order valence-corrected chi connectivity index (χ3v) is 7.86. The molecule has 1 aromatic rings. The molecule has 0 radical (unpaired) electrons. The molecular formula is C28H29F7N2O3.